The van der Waals surface area contributed by atoms with Crippen LogP contribution in [0.5, 0.6) is 0 Å². The number of carbonyl (C=O) groups is 1. The van der Waals surface area contributed by atoms with E-state index in [0.29, 0.717) is 12.1 Å². The first-order chi connectivity index (χ1) is 14.1. The van der Waals surface area contributed by atoms with E-state index in [4.69, 9.17) is 0 Å². The Kier molecular flexibility index (Phi) is 5.45. The van der Waals surface area contributed by atoms with Crippen LogP contribution in [-0.4, -0.2) is 22.2 Å². The van der Waals surface area contributed by atoms with Gasteiger partial charge in [0.15, 0.2) is 5.76 Å². The third-order valence-corrected chi connectivity index (χ3v) is 6.04. The summed E-state index contributed by atoms with van der Waals surface area (Å²) in [6.07, 6.45) is 2.04. The van der Waals surface area contributed by atoms with Crippen LogP contribution in [0.4, 0.5) is 0 Å². The molecule has 0 saturated carbocycles. The molecule has 1 N–H and O–H groups in total. The maximum absolute atomic E-state index is 13.1. The lowest BCUT2D eigenvalue weighted by molar-refractivity contribution is -0.130. The molecule has 4 rings (SSSR count). The second-order valence-corrected chi connectivity index (χ2v) is 8.10. The van der Waals surface area contributed by atoms with E-state index in [9.17, 15) is 9.90 Å². The highest BCUT2D eigenvalue weighted by molar-refractivity contribution is 7.98. The lowest BCUT2D eigenvalue weighted by atomic mass is 9.93. The molecule has 3 aromatic rings. The topological polar surface area (TPSA) is 40.5 Å². The van der Waals surface area contributed by atoms with E-state index in [1.54, 1.807) is 16.7 Å². The lowest BCUT2D eigenvalue weighted by Gasteiger charge is -2.27. The van der Waals surface area contributed by atoms with Crippen molar-refractivity contribution in [2.45, 2.75) is 24.4 Å². The van der Waals surface area contributed by atoms with Crippen LogP contribution in [0.25, 0.3) is 5.57 Å². The molecule has 0 radical (unpaired) electrons. The third-order valence-electron chi connectivity index (χ3n) is 5.29. The zero-order chi connectivity index (χ0) is 20.4. The molecule has 1 atom stereocenters. The molecule has 0 unspecified atom stereocenters. The number of rotatable bonds is 5. The van der Waals surface area contributed by atoms with Gasteiger partial charge in [0.1, 0.15) is 0 Å². The highest BCUT2D eigenvalue weighted by Crippen LogP contribution is 2.43. The zero-order valence-corrected chi connectivity index (χ0v) is 17.3. The molecule has 0 fully saturated rings. The number of aliphatic hydroxyl groups excluding tert-OH is 1. The number of aliphatic hydroxyl groups is 1. The molecule has 3 nitrogen and oxygen atoms in total. The first-order valence-electron chi connectivity index (χ1n) is 9.57. The quantitative estimate of drug-likeness (QED) is 0.552. The van der Waals surface area contributed by atoms with Crippen LogP contribution in [-0.2, 0) is 11.3 Å². The Morgan fingerprint density at radius 1 is 0.931 bits per heavy atom. The van der Waals surface area contributed by atoms with Crippen LogP contribution in [0.15, 0.2) is 89.5 Å². The summed E-state index contributed by atoms with van der Waals surface area (Å²) in [5.74, 6) is -0.495. The minimum atomic E-state index is -0.330. The Hall–Kier alpha value is -2.98. The molecular formula is C25H23NO2S. The molecule has 1 aliphatic heterocycles. The summed E-state index contributed by atoms with van der Waals surface area (Å²) in [5, 5.41) is 10.8. The second-order valence-electron chi connectivity index (χ2n) is 7.22. The molecule has 1 heterocycles. The van der Waals surface area contributed by atoms with Crippen LogP contribution in [0.3, 0.4) is 0 Å². The minimum absolute atomic E-state index is 0.164. The number of nitrogens with zero attached hydrogens (tertiary/aromatic N) is 1. The molecule has 29 heavy (non-hydrogen) atoms. The van der Waals surface area contributed by atoms with Crippen molar-refractivity contribution in [3.8, 4) is 0 Å². The number of thioether (sulfide) groups is 1. The molecule has 0 bridgehead atoms. The van der Waals surface area contributed by atoms with Crippen LogP contribution >= 0.6 is 11.8 Å². The normalized spacial score (nSPS) is 16.6. The van der Waals surface area contributed by atoms with Crippen molar-refractivity contribution in [3.63, 3.8) is 0 Å². The molecule has 3 aromatic carbocycles. The van der Waals surface area contributed by atoms with Gasteiger partial charge in [-0.25, -0.2) is 0 Å². The fraction of sp³-hybridized carbons (Fsp3) is 0.160. The molecule has 1 aliphatic rings. The summed E-state index contributed by atoms with van der Waals surface area (Å²) in [6, 6.07) is 25.7. The zero-order valence-electron chi connectivity index (χ0n) is 16.5. The van der Waals surface area contributed by atoms with Crippen LogP contribution in [0, 0.1) is 6.92 Å². The fourth-order valence-electron chi connectivity index (χ4n) is 3.75. The van der Waals surface area contributed by atoms with Gasteiger partial charge < -0.3 is 10.0 Å². The predicted molar refractivity (Wildman–Crippen MR) is 119 cm³/mol. The Morgan fingerprint density at radius 2 is 1.59 bits per heavy atom. The molecule has 1 amide bonds. The Bertz CT molecular complexity index is 1040. The first-order valence-corrected chi connectivity index (χ1v) is 10.8. The number of benzene rings is 3. The van der Waals surface area contributed by atoms with E-state index in [1.165, 1.54) is 4.90 Å². The predicted octanol–water partition coefficient (Wildman–Crippen LogP) is 5.77. The lowest BCUT2D eigenvalue weighted by Crippen LogP contribution is -2.29. The third kappa shape index (κ3) is 3.81. The Labute approximate surface area is 175 Å². The molecule has 146 valence electrons. The maximum atomic E-state index is 13.1. The average molecular weight is 402 g/mol. The van der Waals surface area contributed by atoms with E-state index in [0.717, 1.165) is 22.3 Å². The summed E-state index contributed by atoms with van der Waals surface area (Å²) in [7, 11) is 0. The van der Waals surface area contributed by atoms with Crippen molar-refractivity contribution in [2.75, 3.05) is 6.26 Å². The Morgan fingerprint density at radius 3 is 2.21 bits per heavy atom. The molecule has 0 aromatic heterocycles. The number of carbonyl (C=O) groups excluding carboxylic acids is 1. The van der Waals surface area contributed by atoms with Gasteiger partial charge in [0.2, 0.25) is 0 Å². The van der Waals surface area contributed by atoms with Gasteiger partial charge in [-0.05, 0) is 42.0 Å². The number of hydrogen-bond donors (Lipinski definition) is 1. The maximum Gasteiger partial charge on any atom is 0.290 e. The summed E-state index contributed by atoms with van der Waals surface area (Å²) >= 11 is 1.69. The average Bonchev–Trinajstić information content (AvgIpc) is 3.00. The molecule has 4 heteroatoms. The van der Waals surface area contributed by atoms with Gasteiger partial charge in [-0.3, -0.25) is 4.79 Å². The molecule has 0 spiro atoms. The van der Waals surface area contributed by atoms with Crippen molar-refractivity contribution in [3.05, 3.63) is 107 Å². The standard InChI is InChI=1S/C25H23NO2S/c1-17-8-12-20(13-9-17)23-22(19-6-4-3-5-7-19)24(27)25(28)26(23)16-18-10-14-21(29-2)15-11-18/h3-15,23,27H,16H2,1-2H3/t23-/m1/s1. The van der Waals surface area contributed by atoms with Crippen molar-refractivity contribution >= 4 is 23.2 Å². The van der Waals surface area contributed by atoms with Crippen molar-refractivity contribution in [1.82, 2.24) is 4.90 Å². The van der Waals surface area contributed by atoms with Crippen molar-refractivity contribution in [1.29, 1.82) is 0 Å². The minimum Gasteiger partial charge on any atom is -0.503 e. The highest BCUT2D eigenvalue weighted by atomic mass is 32.2. The van der Waals surface area contributed by atoms with E-state index in [1.807, 2.05) is 79.9 Å². The fourth-order valence-corrected chi connectivity index (χ4v) is 4.16. The van der Waals surface area contributed by atoms with Gasteiger partial charge in [0.25, 0.3) is 5.91 Å². The smallest absolute Gasteiger partial charge is 0.290 e. The largest absolute Gasteiger partial charge is 0.503 e. The molecular weight excluding hydrogens is 378 g/mol. The van der Waals surface area contributed by atoms with Gasteiger partial charge >= 0.3 is 0 Å². The second kappa shape index (κ2) is 8.18. The SMILES string of the molecule is CSc1ccc(CN2C(=O)C(O)=C(c3ccccc3)[C@H]2c2ccc(C)cc2)cc1. The Balaban J connectivity index is 1.77. The summed E-state index contributed by atoms with van der Waals surface area (Å²) in [4.78, 5) is 16.0. The van der Waals surface area contributed by atoms with Crippen molar-refractivity contribution in [2.24, 2.45) is 0 Å². The van der Waals surface area contributed by atoms with Gasteiger partial charge in [0, 0.05) is 17.0 Å². The van der Waals surface area contributed by atoms with E-state index in [2.05, 4.69) is 12.1 Å². The molecule has 0 saturated heterocycles. The van der Waals surface area contributed by atoms with E-state index < -0.39 is 0 Å². The first kappa shape index (κ1) is 19.3. The monoisotopic (exact) mass is 401 g/mol. The summed E-state index contributed by atoms with van der Waals surface area (Å²) in [6.45, 7) is 2.48. The van der Waals surface area contributed by atoms with Gasteiger partial charge in [-0.1, -0.05) is 72.3 Å². The summed E-state index contributed by atoms with van der Waals surface area (Å²) in [5.41, 5.74) is 4.72. The number of aryl methyl sites for hydroxylation is 1. The van der Waals surface area contributed by atoms with Crippen LogP contribution in [0.1, 0.15) is 28.3 Å². The van der Waals surface area contributed by atoms with E-state index >= 15 is 0 Å². The number of hydrogen-bond acceptors (Lipinski definition) is 3. The van der Waals surface area contributed by atoms with Crippen LogP contribution in [0.2, 0.25) is 0 Å². The summed E-state index contributed by atoms with van der Waals surface area (Å²) < 4.78 is 0. The highest BCUT2D eigenvalue weighted by Gasteiger charge is 2.40. The van der Waals surface area contributed by atoms with Gasteiger partial charge in [-0.2, -0.15) is 0 Å². The number of amides is 1. The van der Waals surface area contributed by atoms with E-state index in [-0.39, 0.29) is 17.7 Å². The van der Waals surface area contributed by atoms with Gasteiger partial charge in [0.05, 0.1) is 6.04 Å². The van der Waals surface area contributed by atoms with Crippen LogP contribution < -0.4 is 0 Å². The van der Waals surface area contributed by atoms with Crippen molar-refractivity contribution < 1.29 is 9.90 Å². The molecule has 0 aliphatic carbocycles. The van der Waals surface area contributed by atoms with Gasteiger partial charge in [-0.15, -0.1) is 11.8 Å².